The molecule has 26 heavy (non-hydrogen) atoms. The van der Waals surface area contributed by atoms with Crippen LogP contribution in [0.4, 0.5) is 0 Å². The number of nitrogens with zero attached hydrogens (tertiary/aromatic N) is 3. The first-order chi connectivity index (χ1) is 12.5. The van der Waals surface area contributed by atoms with E-state index < -0.39 is 0 Å². The van der Waals surface area contributed by atoms with Crippen LogP contribution in [0.25, 0.3) is 0 Å². The average Bonchev–Trinajstić information content (AvgIpc) is 2.98. The summed E-state index contributed by atoms with van der Waals surface area (Å²) in [5.74, 6) is 2.26. The molecule has 0 spiro atoms. The molecule has 0 unspecified atom stereocenters. The highest BCUT2D eigenvalue weighted by molar-refractivity contribution is 5.79. The van der Waals surface area contributed by atoms with Crippen molar-refractivity contribution >= 4 is 5.96 Å². The molecular weight excluding hydrogens is 326 g/mol. The number of hydrogen-bond acceptors (Lipinski definition) is 4. The molecule has 1 aromatic carbocycles. The summed E-state index contributed by atoms with van der Waals surface area (Å²) in [6.07, 6.45) is 0. The summed E-state index contributed by atoms with van der Waals surface area (Å²) in [5.41, 5.74) is 3.50. The molecule has 0 amide bonds. The number of rotatable bonds is 8. The van der Waals surface area contributed by atoms with Crippen LogP contribution in [-0.4, -0.2) is 36.0 Å². The third-order valence-corrected chi connectivity index (χ3v) is 4.46. The van der Waals surface area contributed by atoms with Gasteiger partial charge in [-0.15, -0.1) is 0 Å². The smallest absolute Gasteiger partial charge is 0.214 e. The van der Waals surface area contributed by atoms with Crippen molar-refractivity contribution < 1.29 is 4.42 Å². The summed E-state index contributed by atoms with van der Waals surface area (Å²) in [4.78, 5) is 11.0. The highest BCUT2D eigenvalue weighted by atomic mass is 16.4. The number of aliphatic imine (C=N–C) groups is 1. The molecule has 0 fully saturated rings. The van der Waals surface area contributed by atoms with E-state index in [1.54, 1.807) is 7.05 Å². The molecule has 0 radical (unpaired) electrons. The maximum Gasteiger partial charge on any atom is 0.214 e. The fourth-order valence-electron chi connectivity index (χ4n) is 2.72. The molecule has 0 saturated heterocycles. The second-order valence-electron chi connectivity index (χ2n) is 6.31. The lowest BCUT2D eigenvalue weighted by Gasteiger charge is -2.18. The van der Waals surface area contributed by atoms with Gasteiger partial charge in [-0.2, -0.15) is 0 Å². The predicted molar refractivity (Wildman–Crippen MR) is 106 cm³/mol. The van der Waals surface area contributed by atoms with E-state index in [1.807, 2.05) is 13.8 Å². The molecule has 1 aromatic heterocycles. The fourth-order valence-corrected chi connectivity index (χ4v) is 2.72. The van der Waals surface area contributed by atoms with E-state index in [0.29, 0.717) is 12.4 Å². The van der Waals surface area contributed by atoms with E-state index >= 15 is 0 Å². The quantitative estimate of drug-likeness (QED) is 0.562. The van der Waals surface area contributed by atoms with Crippen molar-refractivity contribution in [3.63, 3.8) is 0 Å². The van der Waals surface area contributed by atoms with Crippen LogP contribution in [0.5, 0.6) is 0 Å². The zero-order valence-electron chi connectivity index (χ0n) is 16.6. The van der Waals surface area contributed by atoms with Crippen LogP contribution in [0.2, 0.25) is 0 Å². The largest absolute Gasteiger partial charge is 0.444 e. The van der Waals surface area contributed by atoms with Gasteiger partial charge in [0.05, 0.1) is 12.2 Å². The molecule has 2 N–H and O–H groups in total. The van der Waals surface area contributed by atoms with Crippen molar-refractivity contribution in [2.45, 2.75) is 47.3 Å². The van der Waals surface area contributed by atoms with Crippen molar-refractivity contribution in [1.82, 2.24) is 20.5 Å². The molecule has 0 aliphatic heterocycles. The molecule has 2 aromatic rings. The van der Waals surface area contributed by atoms with Gasteiger partial charge in [0, 0.05) is 20.1 Å². The van der Waals surface area contributed by atoms with Crippen LogP contribution >= 0.6 is 0 Å². The van der Waals surface area contributed by atoms with Crippen LogP contribution in [0.15, 0.2) is 33.7 Å². The molecule has 0 aliphatic carbocycles. The van der Waals surface area contributed by atoms with E-state index in [9.17, 15) is 0 Å². The molecule has 0 atom stereocenters. The molecule has 6 heteroatoms. The topological polar surface area (TPSA) is 65.7 Å². The zero-order valence-corrected chi connectivity index (χ0v) is 16.6. The summed E-state index contributed by atoms with van der Waals surface area (Å²) >= 11 is 0. The number of aryl methyl sites for hydroxylation is 2. The van der Waals surface area contributed by atoms with E-state index in [1.165, 1.54) is 11.1 Å². The van der Waals surface area contributed by atoms with Gasteiger partial charge in [-0.1, -0.05) is 38.1 Å². The first kappa shape index (κ1) is 20.0. The first-order valence-corrected chi connectivity index (χ1v) is 9.23. The molecular formula is C20H31N5O. The van der Waals surface area contributed by atoms with Crippen molar-refractivity contribution in [2.24, 2.45) is 4.99 Å². The van der Waals surface area contributed by atoms with E-state index in [-0.39, 0.29) is 0 Å². The van der Waals surface area contributed by atoms with E-state index in [0.717, 1.165) is 43.6 Å². The second kappa shape index (κ2) is 9.97. The number of guanidine groups is 1. The Kier molecular flexibility index (Phi) is 7.66. The number of nitrogens with one attached hydrogen (secondary N) is 2. The van der Waals surface area contributed by atoms with Gasteiger partial charge in [-0.3, -0.25) is 9.89 Å². The Morgan fingerprint density at radius 2 is 1.81 bits per heavy atom. The van der Waals surface area contributed by atoms with Gasteiger partial charge in [0.15, 0.2) is 5.96 Å². The Hall–Kier alpha value is -2.34. The predicted octanol–water partition coefficient (Wildman–Crippen LogP) is 3.00. The lowest BCUT2D eigenvalue weighted by molar-refractivity contribution is 0.296. The van der Waals surface area contributed by atoms with Gasteiger partial charge in [0.1, 0.15) is 5.76 Å². The molecule has 6 nitrogen and oxygen atoms in total. The van der Waals surface area contributed by atoms with Crippen molar-refractivity contribution in [3.8, 4) is 0 Å². The van der Waals surface area contributed by atoms with Gasteiger partial charge < -0.3 is 15.1 Å². The number of oxazole rings is 1. The highest BCUT2D eigenvalue weighted by Crippen LogP contribution is 2.09. The molecule has 0 bridgehead atoms. The Morgan fingerprint density at radius 1 is 1.12 bits per heavy atom. The Balaban J connectivity index is 1.87. The van der Waals surface area contributed by atoms with E-state index in [2.05, 4.69) is 63.6 Å². The van der Waals surface area contributed by atoms with Gasteiger partial charge in [-0.25, -0.2) is 4.98 Å². The standard InChI is InChI=1S/C20H31N5O/c1-6-25(7-2)14-18-10-8-9-17(11-18)12-22-20(21-5)23-13-19-24-15(3)16(4)26-19/h8-11H,6-7,12-14H2,1-5H3,(H2,21,22,23). The first-order valence-electron chi connectivity index (χ1n) is 9.23. The monoisotopic (exact) mass is 357 g/mol. The third-order valence-electron chi connectivity index (χ3n) is 4.46. The number of benzene rings is 1. The van der Waals surface area contributed by atoms with Crippen molar-refractivity contribution in [3.05, 3.63) is 52.7 Å². The minimum Gasteiger partial charge on any atom is -0.444 e. The Bertz CT molecular complexity index is 699. The summed E-state index contributed by atoms with van der Waals surface area (Å²) in [6.45, 7) is 12.6. The SMILES string of the molecule is CCN(CC)Cc1cccc(CNC(=NC)NCc2nc(C)c(C)o2)c1. The maximum atomic E-state index is 5.58. The van der Waals surface area contributed by atoms with Gasteiger partial charge in [0.2, 0.25) is 5.89 Å². The Morgan fingerprint density at radius 3 is 2.42 bits per heavy atom. The van der Waals surface area contributed by atoms with Gasteiger partial charge in [-0.05, 0) is 38.1 Å². The lowest BCUT2D eigenvalue weighted by Crippen LogP contribution is -2.36. The summed E-state index contributed by atoms with van der Waals surface area (Å²) in [6, 6.07) is 8.68. The molecule has 0 saturated carbocycles. The Labute approximate surface area is 156 Å². The van der Waals surface area contributed by atoms with Gasteiger partial charge in [0.25, 0.3) is 0 Å². The fraction of sp³-hybridized carbons (Fsp3) is 0.500. The van der Waals surface area contributed by atoms with Crippen LogP contribution < -0.4 is 10.6 Å². The maximum absolute atomic E-state index is 5.58. The minimum absolute atomic E-state index is 0.510. The summed E-state index contributed by atoms with van der Waals surface area (Å²) in [7, 11) is 1.76. The number of hydrogen-bond donors (Lipinski definition) is 2. The second-order valence-corrected chi connectivity index (χ2v) is 6.31. The lowest BCUT2D eigenvalue weighted by atomic mass is 10.1. The summed E-state index contributed by atoms with van der Waals surface area (Å²) in [5, 5.41) is 6.58. The van der Waals surface area contributed by atoms with Crippen LogP contribution in [0.1, 0.15) is 42.3 Å². The number of aromatic nitrogens is 1. The molecule has 2 rings (SSSR count). The molecule has 142 valence electrons. The van der Waals surface area contributed by atoms with Gasteiger partial charge >= 0.3 is 0 Å². The third kappa shape index (κ3) is 5.88. The zero-order chi connectivity index (χ0) is 18.9. The molecule has 0 aliphatic rings. The van der Waals surface area contributed by atoms with Crippen LogP contribution in [0.3, 0.4) is 0 Å². The van der Waals surface area contributed by atoms with E-state index in [4.69, 9.17) is 4.42 Å². The summed E-state index contributed by atoms with van der Waals surface area (Å²) < 4.78 is 5.58. The van der Waals surface area contributed by atoms with Crippen LogP contribution in [-0.2, 0) is 19.6 Å². The van der Waals surface area contributed by atoms with Crippen molar-refractivity contribution in [2.75, 3.05) is 20.1 Å². The highest BCUT2D eigenvalue weighted by Gasteiger charge is 2.07. The minimum atomic E-state index is 0.510. The van der Waals surface area contributed by atoms with Crippen LogP contribution in [0, 0.1) is 13.8 Å². The molecule has 1 heterocycles. The van der Waals surface area contributed by atoms with Crippen molar-refractivity contribution in [1.29, 1.82) is 0 Å². The normalized spacial score (nSPS) is 11.8. The average molecular weight is 358 g/mol.